The lowest BCUT2D eigenvalue weighted by Crippen LogP contribution is -2.43. The van der Waals surface area contributed by atoms with E-state index >= 15 is 0 Å². The fraction of sp³-hybridized carbons (Fsp3) is 0.611. The first kappa shape index (κ1) is 18.9. The molecule has 2 heterocycles. The molecule has 3 nitrogen and oxygen atoms in total. The molecule has 3 rings (SSSR count). The Kier molecular flexibility index (Phi) is 6.38. The standard InChI is InChI=1S/C14H19N3S.2C2H6/c1-8-9(2)17-12-10(14(3,4)16-8)6-5-7-11(12)15-13(17)18;2*1-2/h5-9,16H,1-4H3,(H,15,18);2*1-2H3. The van der Waals surface area contributed by atoms with E-state index in [1.807, 2.05) is 27.7 Å². The monoisotopic (exact) mass is 321 g/mol. The summed E-state index contributed by atoms with van der Waals surface area (Å²) in [5.41, 5.74) is 3.64. The van der Waals surface area contributed by atoms with Crippen LogP contribution in [-0.2, 0) is 5.54 Å². The van der Waals surface area contributed by atoms with Crippen LogP contribution in [-0.4, -0.2) is 15.6 Å². The maximum atomic E-state index is 5.49. The van der Waals surface area contributed by atoms with Crippen molar-refractivity contribution >= 4 is 23.3 Å². The van der Waals surface area contributed by atoms with Crippen LogP contribution in [0.5, 0.6) is 0 Å². The van der Waals surface area contributed by atoms with Crippen molar-refractivity contribution in [1.82, 2.24) is 14.9 Å². The highest BCUT2D eigenvalue weighted by Gasteiger charge is 2.33. The number of nitrogens with one attached hydrogen (secondary N) is 2. The SMILES string of the molecule is CC.CC.CC1NC(C)(C)c2cccc3[nH]c(=S)n(c23)C1C. The molecule has 22 heavy (non-hydrogen) atoms. The van der Waals surface area contributed by atoms with Crippen molar-refractivity contribution in [2.24, 2.45) is 0 Å². The lowest BCUT2D eigenvalue weighted by Gasteiger charge is -2.30. The molecule has 0 radical (unpaired) electrons. The number of rotatable bonds is 0. The van der Waals surface area contributed by atoms with Crippen molar-refractivity contribution in [3.05, 3.63) is 28.5 Å². The third-order valence-electron chi connectivity index (χ3n) is 4.13. The minimum absolute atomic E-state index is 0.0462. The van der Waals surface area contributed by atoms with Crippen molar-refractivity contribution in [1.29, 1.82) is 0 Å². The Bertz CT molecular complexity index is 667. The van der Waals surface area contributed by atoms with E-state index < -0.39 is 0 Å². The molecule has 2 N–H and O–H groups in total. The van der Waals surface area contributed by atoms with E-state index in [0.29, 0.717) is 12.1 Å². The van der Waals surface area contributed by atoms with Gasteiger partial charge in [0.05, 0.1) is 11.0 Å². The number of benzene rings is 1. The van der Waals surface area contributed by atoms with Crippen LogP contribution in [0.15, 0.2) is 18.2 Å². The molecule has 1 aliphatic heterocycles. The van der Waals surface area contributed by atoms with E-state index in [9.17, 15) is 0 Å². The lowest BCUT2D eigenvalue weighted by atomic mass is 9.92. The molecule has 2 unspecified atom stereocenters. The summed E-state index contributed by atoms with van der Waals surface area (Å²) in [5.74, 6) is 0. The predicted octanol–water partition coefficient (Wildman–Crippen LogP) is 5.54. The van der Waals surface area contributed by atoms with Crippen LogP contribution in [0, 0.1) is 4.77 Å². The van der Waals surface area contributed by atoms with Gasteiger partial charge in [-0.1, -0.05) is 39.8 Å². The van der Waals surface area contributed by atoms with Gasteiger partial charge in [0.2, 0.25) is 0 Å². The Morgan fingerprint density at radius 3 is 2.27 bits per heavy atom. The number of nitrogens with zero attached hydrogens (tertiary/aromatic N) is 1. The maximum absolute atomic E-state index is 5.49. The topological polar surface area (TPSA) is 32.8 Å². The largest absolute Gasteiger partial charge is 0.331 e. The fourth-order valence-corrected chi connectivity index (χ4v) is 3.43. The van der Waals surface area contributed by atoms with Gasteiger partial charge in [-0.05, 0) is 51.5 Å². The van der Waals surface area contributed by atoms with Crippen molar-refractivity contribution in [3.8, 4) is 0 Å². The smallest absolute Gasteiger partial charge is 0.178 e. The molecule has 0 bridgehead atoms. The van der Waals surface area contributed by atoms with E-state index in [0.717, 1.165) is 10.3 Å². The van der Waals surface area contributed by atoms with Crippen LogP contribution in [0.1, 0.15) is 67.0 Å². The molecular formula is C18H31N3S. The van der Waals surface area contributed by atoms with Gasteiger partial charge in [-0.15, -0.1) is 0 Å². The van der Waals surface area contributed by atoms with Crippen LogP contribution in [0.2, 0.25) is 0 Å². The Labute approximate surface area is 140 Å². The number of H-pyrrole nitrogens is 1. The molecule has 0 saturated heterocycles. The molecule has 0 fully saturated rings. The highest BCUT2D eigenvalue weighted by atomic mass is 32.1. The third-order valence-corrected chi connectivity index (χ3v) is 4.43. The molecule has 2 atom stereocenters. The average molecular weight is 322 g/mol. The van der Waals surface area contributed by atoms with E-state index in [2.05, 4.69) is 60.8 Å². The van der Waals surface area contributed by atoms with Gasteiger partial charge < -0.3 is 14.9 Å². The molecule has 0 aliphatic carbocycles. The van der Waals surface area contributed by atoms with E-state index in [1.165, 1.54) is 11.1 Å². The molecule has 4 heteroatoms. The number of imidazole rings is 1. The number of para-hydroxylation sites is 1. The van der Waals surface area contributed by atoms with Crippen LogP contribution in [0.4, 0.5) is 0 Å². The number of hydrogen-bond acceptors (Lipinski definition) is 2. The van der Waals surface area contributed by atoms with Crippen molar-refractivity contribution in [3.63, 3.8) is 0 Å². The molecule has 0 amide bonds. The summed E-state index contributed by atoms with van der Waals surface area (Å²) in [6, 6.07) is 7.10. The van der Waals surface area contributed by atoms with E-state index in [1.54, 1.807) is 0 Å². The predicted molar refractivity (Wildman–Crippen MR) is 100 cm³/mol. The second kappa shape index (κ2) is 7.42. The van der Waals surface area contributed by atoms with Crippen molar-refractivity contribution < 1.29 is 0 Å². The molecule has 124 valence electrons. The molecule has 1 aliphatic rings. The molecule has 1 aromatic heterocycles. The fourth-order valence-electron chi connectivity index (χ4n) is 3.06. The van der Waals surface area contributed by atoms with Gasteiger partial charge >= 0.3 is 0 Å². The summed E-state index contributed by atoms with van der Waals surface area (Å²) in [6.07, 6.45) is 0. The second-order valence-electron chi connectivity index (χ2n) is 5.80. The summed E-state index contributed by atoms with van der Waals surface area (Å²) in [5, 5.41) is 3.71. The number of hydrogen-bond donors (Lipinski definition) is 2. The zero-order valence-electron chi connectivity index (χ0n) is 15.2. The Morgan fingerprint density at radius 1 is 1.09 bits per heavy atom. The van der Waals surface area contributed by atoms with Gasteiger partial charge in [-0.3, -0.25) is 0 Å². The first-order valence-electron chi connectivity index (χ1n) is 8.43. The van der Waals surface area contributed by atoms with Crippen LogP contribution >= 0.6 is 12.2 Å². The first-order valence-corrected chi connectivity index (χ1v) is 8.84. The molecular weight excluding hydrogens is 290 g/mol. The summed E-state index contributed by atoms with van der Waals surface area (Å²) < 4.78 is 3.07. The molecule has 1 aromatic carbocycles. The summed E-state index contributed by atoms with van der Waals surface area (Å²) in [6.45, 7) is 16.9. The summed E-state index contributed by atoms with van der Waals surface area (Å²) >= 11 is 5.49. The Morgan fingerprint density at radius 2 is 1.68 bits per heavy atom. The normalized spacial score (nSPS) is 22.0. The van der Waals surface area contributed by atoms with Gasteiger partial charge in [0.1, 0.15) is 0 Å². The van der Waals surface area contributed by atoms with Gasteiger partial charge in [0, 0.05) is 17.6 Å². The van der Waals surface area contributed by atoms with E-state index in [-0.39, 0.29) is 5.54 Å². The zero-order valence-corrected chi connectivity index (χ0v) is 16.1. The molecule has 0 saturated carbocycles. The van der Waals surface area contributed by atoms with Gasteiger partial charge in [0.25, 0.3) is 0 Å². The molecule has 0 spiro atoms. The van der Waals surface area contributed by atoms with Crippen LogP contribution < -0.4 is 5.32 Å². The summed E-state index contributed by atoms with van der Waals surface area (Å²) in [4.78, 5) is 3.33. The number of aromatic nitrogens is 2. The number of aromatic amines is 1. The third kappa shape index (κ3) is 3.13. The first-order chi connectivity index (χ1) is 10.4. The van der Waals surface area contributed by atoms with Gasteiger partial charge in [-0.2, -0.15) is 0 Å². The summed E-state index contributed by atoms with van der Waals surface area (Å²) in [7, 11) is 0. The minimum atomic E-state index is -0.0462. The van der Waals surface area contributed by atoms with Crippen molar-refractivity contribution in [2.45, 2.75) is 73.0 Å². The second-order valence-corrected chi connectivity index (χ2v) is 6.19. The highest BCUT2D eigenvalue weighted by Crippen LogP contribution is 2.35. The highest BCUT2D eigenvalue weighted by molar-refractivity contribution is 7.71. The Balaban J connectivity index is 0.000000561. The average Bonchev–Trinajstić information content (AvgIpc) is 2.81. The lowest BCUT2D eigenvalue weighted by molar-refractivity contribution is 0.310. The minimum Gasteiger partial charge on any atom is -0.331 e. The van der Waals surface area contributed by atoms with Gasteiger partial charge in [-0.25, -0.2) is 0 Å². The quantitative estimate of drug-likeness (QED) is 0.625. The maximum Gasteiger partial charge on any atom is 0.178 e. The zero-order chi connectivity index (χ0) is 17.1. The van der Waals surface area contributed by atoms with Crippen LogP contribution in [0.25, 0.3) is 11.0 Å². The Hall–Kier alpha value is -1.13. The van der Waals surface area contributed by atoms with E-state index in [4.69, 9.17) is 12.2 Å². The van der Waals surface area contributed by atoms with Crippen molar-refractivity contribution in [2.75, 3.05) is 0 Å². The molecule has 2 aromatic rings. The van der Waals surface area contributed by atoms with Gasteiger partial charge in [0.15, 0.2) is 4.77 Å². The van der Waals surface area contributed by atoms with Crippen LogP contribution in [0.3, 0.4) is 0 Å².